The number of nitrogens with two attached hydrogens (primary N) is 1. The van der Waals surface area contributed by atoms with Crippen molar-refractivity contribution in [1.29, 1.82) is 5.26 Å². The highest BCUT2D eigenvalue weighted by atomic mass is 16.3. The minimum Gasteiger partial charge on any atom is -0.507 e. The van der Waals surface area contributed by atoms with Gasteiger partial charge < -0.3 is 15.7 Å². The maximum absolute atomic E-state index is 10.2. The Morgan fingerprint density at radius 3 is 2.67 bits per heavy atom. The van der Waals surface area contributed by atoms with Crippen molar-refractivity contribution in [2.45, 2.75) is 25.2 Å². The van der Waals surface area contributed by atoms with E-state index in [-0.39, 0.29) is 17.5 Å². The molecule has 5 heteroatoms. The van der Waals surface area contributed by atoms with Crippen molar-refractivity contribution in [3.63, 3.8) is 0 Å². The summed E-state index contributed by atoms with van der Waals surface area (Å²) in [6, 6.07) is 21.8. The summed E-state index contributed by atoms with van der Waals surface area (Å²) >= 11 is 0. The smallest absolute Gasteiger partial charge is 0.142 e. The summed E-state index contributed by atoms with van der Waals surface area (Å²) in [6.45, 7) is 2.96. The minimum absolute atomic E-state index is 0.160. The van der Waals surface area contributed by atoms with Crippen molar-refractivity contribution >= 4 is 5.82 Å². The van der Waals surface area contributed by atoms with Crippen LogP contribution >= 0.6 is 0 Å². The number of rotatable bonds is 5. The van der Waals surface area contributed by atoms with Crippen LogP contribution in [0.15, 0.2) is 60.7 Å². The fraction of sp³-hybridized carbons (Fsp3) is 0.280. The monoisotopic (exact) mass is 398 g/mol. The summed E-state index contributed by atoms with van der Waals surface area (Å²) in [5.41, 5.74) is 10.2. The molecule has 5 nitrogen and oxygen atoms in total. The summed E-state index contributed by atoms with van der Waals surface area (Å²) in [4.78, 5) is 6.88. The molecule has 3 N–H and O–H groups in total. The molecule has 0 bridgehead atoms. The number of nitrogens with zero attached hydrogens (tertiary/aromatic N) is 3. The van der Waals surface area contributed by atoms with Gasteiger partial charge in [-0.2, -0.15) is 5.26 Å². The Balaban J connectivity index is 1.59. The third-order valence-corrected chi connectivity index (χ3v) is 5.87. The Bertz CT molecular complexity index is 1060. The van der Waals surface area contributed by atoms with Crippen LogP contribution in [0.25, 0.3) is 11.3 Å². The lowest BCUT2D eigenvalue weighted by atomic mass is 9.87. The lowest BCUT2D eigenvalue weighted by molar-refractivity contribution is 0.210. The van der Waals surface area contributed by atoms with E-state index in [4.69, 9.17) is 5.73 Å². The molecule has 1 fully saturated rings. The number of nitriles is 1. The van der Waals surface area contributed by atoms with E-state index in [2.05, 4.69) is 40.2 Å². The van der Waals surface area contributed by atoms with E-state index in [0.29, 0.717) is 16.8 Å². The second-order valence-electron chi connectivity index (χ2n) is 7.86. The molecule has 2 heterocycles. The van der Waals surface area contributed by atoms with Gasteiger partial charge in [0.2, 0.25) is 0 Å². The molecular formula is C25H26N4O. The molecule has 1 atom stereocenters. The van der Waals surface area contributed by atoms with Crippen LogP contribution in [0.1, 0.15) is 35.4 Å². The Morgan fingerprint density at radius 2 is 1.90 bits per heavy atom. The van der Waals surface area contributed by atoms with Crippen molar-refractivity contribution < 1.29 is 5.11 Å². The van der Waals surface area contributed by atoms with Gasteiger partial charge in [-0.15, -0.1) is 0 Å². The van der Waals surface area contributed by atoms with E-state index in [1.165, 1.54) is 5.56 Å². The van der Waals surface area contributed by atoms with Crippen LogP contribution in [0.5, 0.6) is 5.75 Å². The van der Waals surface area contributed by atoms with Crippen LogP contribution in [0.3, 0.4) is 0 Å². The highest BCUT2D eigenvalue weighted by Gasteiger charge is 2.25. The number of phenols is 1. The van der Waals surface area contributed by atoms with Gasteiger partial charge in [-0.25, -0.2) is 4.98 Å². The first-order valence-corrected chi connectivity index (χ1v) is 10.4. The van der Waals surface area contributed by atoms with Gasteiger partial charge in [0, 0.05) is 18.7 Å². The third-order valence-electron chi connectivity index (χ3n) is 5.87. The number of phenolic OH excluding ortho intramolecular Hbond substituents is 1. The average Bonchev–Trinajstić information content (AvgIpc) is 2.78. The fourth-order valence-corrected chi connectivity index (χ4v) is 4.30. The molecular weight excluding hydrogens is 372 g/mol. The van der Waals surface area contributed by atoms with E-state index in [9.17, 15) is 10.4 Å². The van der Waals surface area contributed by atoms with E-state index in [0.717, 1.165) is 44.5 Å². The average molecular weight is 399 g/mol. The maximum atomic E-state index is 10.2. The van der Waals surface area contributed by atoms with Gasteiger partial charge in [0.05, 0.1) is 11.3 Å². The fourth-order valence-electron chi connectivity index (χ4n) is 4.30. The van der Waals surface area contributed by atoms with Crippen LogP contribution in [0, 0.1) is 11.3 Å². The van der Waals surface area contributed by atoms with Gasteiger partial charge in [-0.1, -0.05) is 42.5 Å². The zero-order valence-electron chi connectivity index (χ0n) is 17.0. The topological polar surface area (TPSA) is 86.2 Å². The largest absolute Gasteiger partial charge is 0.507 e. The van der Waals surface area contributed by atoms with Gasteiger partial charge in [-0.3, -0.25) is 0 Å². The molecule has 0 aliphatic carbocycles. The number of hydrogen-bond donors (Lipinski definition) is 2. The highest BCUT2D eigenvalue weighted by Crippen LogP contribution is 2.35. The number of anilines is 1. The van der Waals surface area contributed by atoms with Crippen molar-refractivity contribution in [2.24, 2.45) is 0 Å². The predicted octanol–water partition coefficient (Wildman–Crippen LogP) is 4.33. The van der Waals surface area contributed by atoms with E-state index in [1.807, 2.05) is 24.3 Å². The summed E-state index contributed by atoms with van der Waals surface area (Å²) in [5, 5.41) is 20.0. The summed E-state index contributed by atoms with van der Waals surface area (Å²) < 4.78 is 0. The summed E-state index contributed by atoms with van der Waals surface area (Å²) in [5.74, 6) is 0.613. The molecule has 3 aromatic rings. The van der Waals surface area contributed by atoms with Gasteiger partial charge in [0.25, 0.3) is 0 Å². The zero-order chi connectivity index (χ0) is 20.9. The molecule has 2 aromatic carbocycles. The molecule has 0 radical (unpaired) electrons. The Morgan fingerprint density at radius 1 is 1.13 bits per heavy atom. The zero-order valence-corrected chi connectivity index (χ0v) is 17.0. The van der Waals surface area contributed by atoms with Crippen LogP contribution in [0.2, 0.25) is 0 Å². The van der Waals surface area contributed by atoms with Crippen molar-refractivity contribution in [3.8, 4) is 23.1 Å². The molecule has 1 unspecified atom stereocenters. The quantitative estimate of drug-likeness (QED) is 0.668. The Hall–Kier alpha value is -3.36. The molecule has 0 amide bonds. The molecule has 0 saturated carbocycles. The first-order valence-electron chi connectivity index (χ1n) is 10.4. The van der Waals surface area contributed by atoms with Gasteiger partial charge in [-0.05, 0) is 61.1 Å². The second-order valence-corrected chi connectivity index (χ2v) is 7.86. The van der Waals surface area contributed by atoms with Crippen molar-refractivity contribution in [1.82, 2.24) is 9.88 Å². The summed E-state index contributed by atoms with van der Waals surface area (Å²) in [6.07, 6.45) is 3.11. The van der Waals surface area contributed by atoms with Crippen molar-refractivity contribution in [3.05, 3.63) is 77.4 Å². The molecule has 1 saturated heterocycles. The first-order chi connectivity index (χ1) is 14.7. The first kappa shape index (κ1) is 19.9. The van der Waals surface area contributed by atoms with Crippen LogP contribution in [-0.4, -0.2) is 34.6 Å². The summed E-state index contributed by atoms with van der Waals surface area (Å²) in [7, 11) is 0. The minimum atomic E-state index is 0.160. The van der Waals surface area contributed by atoms with Gasteiger partial charge in [0.1, 0.15) is 17.6 Å². The number of piperidine rings is 1. The number of aromatic hydroxyl groups is 1. The lowest BCUT2D eigenvalue weighted by Crippen LogP contribution is -2.36. The molecule has 152 valence electrons. The molecule has 4 rings (SSSR count). The molecule has 1 aromatic heterocycles. The van der Waals surface area contributed by atoms with Crippen LogP contribution in [0.4, 0.5) is 5.82 Å². The number of pyridine rings is 1. The SMILES string of the molecule is N#Cc1c(C2CCCN(CCc3ccccc3)C2)cc(-c2ccccc2O)nc1N. The van der Waals surface area contributed by atoms with Crippen LogP contribution in [-0.2, 0) is 6.42 Å². The predicted molar refractivity (Wildman–Crippen MR) is 119 cm³/mol. The number of benzene rings is 2. The number of aromatic nitrogens is 1. The lowest BCUT2D eigenvalue weighted by Gasteiger charge is -2.33. The molecule has 0 spiro atoms. The normalized spacial score (nSPS) is 16.8. The highest BCUT2D eigenvalue weighted by molar-refractivity contribution is 5.71. The Labute approximate surface area is 177 Å². The van der Waals surface area contributed by atoms with Gasteiger partial charge >= 0.3 is 0 Å². The van der Waals surface area contributed by atoms with Gasteiger partial charge in [0.15, 0.2) is 0 Å². The molecule has 1 aliphatic rings. The second kappa shape index (κ2) is 8.98. The van der Waals surface area contributed by atoms with E-state index >= 15 is 0 Å². The molecule has 1 aliphatic heterocycles. The maximum Gasteiger partial charge on any atom is 0.142 e. The third kappa shape index (κ3) is 4.29. The number of para-hydroxylation sites is 1. The standard InChI is InChI=1S/C25H26N4O/c26-16-22-21(15-23(28-25(22)27)20-10-4-5-11-24(20)30)19-9-6-13-29(17-19)14-12-18-7-2-1-3-8-18/h1-5,7-8,10-11,15,19,30H,6,9,12-14,17H2,(H2,27,28). The Kier molecular flexibility index (Phi) is 5.97. The van der Waals surface area contributed by atoms with E-state index < -0.39 is 0 Å². The number of hydrogen-bond acceptors (Lipinski definition) is 5. The number of likely N-dealkylation sites (tertiary alicyclic amines) is 1. The van der Waals surface area contributed by atoms with E-state index in [1.54, 1.807) is 12.1 Å². The van der Waals surface area contributed by atoms with Crippen molar-refractivity contribution in [2.75, 3.05) is 25.4 Å². The number of nitrogen functional groups attached to an aromatic ring is 1. The van der Waals surface area contributed by atoms with Crippen LogP contribution < -0.4 is 5.73 Å². The molecule has 30 heavy (non-hydrogen) atoms.